The van der Waals surface area contributed by atoms with Crippen LogP contribution in [0, 0.1) is 0 Å². The summed E-state index contributed by atoms with van der Waals surface area (Å²) in [4.78, 5) is 2.43. The van der Waals surface area contributed by atoms with Crippen molar-refractivity contribution in [3.63, 3.8) is 0 Å². The van der Waals surface area contributed by atoms with Crippen molar-refractivity contribution in [3.05, 3.63) is 28.2 Å². The Balaban J connectivity index is 2.22. The second-order valence-corrected chi connectivity index (χ2v) is 6.01. The molecule has 1 aromatic rings. The molecule has 1 atom stereocenters. The molecule has 2 rings (SSSR count). The fourth-order valence-corrected chi connectivity index (χ4v) is 2.77. The first-order valence-corrected chi connectivity index (χ1v) is 7.86. The highest BCUT2D eigenvalue weighted by atomic mass is 79.9. The lowest BCUT2D eigenvalue weighted by atomic mass is 10.0. The number of anilines is 1. The highest BCUT2D eigenvalue weighted by molar-refractivity contribution is 9.10. The molecule has 0 saturated carbocycles. The summed E-state index contributed by atoms with van der Waals surface area (Å²) in [6.45, 7) is 5.85. The van der Waals surface area contributed by atoms with Crippen molar-refractivity contribution in [2.24, 2.45) is 5.73 Å². The van der Waals surface area contributed by atoms with Crippen LogP contribution < -0.4 is 10.6 Å². The van der Waals surface area contributed by atoms with Crippen LogP contribution in [0.3, 0.4) is 0 Å². The summed E-state index contributed by atoms with van der Waals surface area (Å²) in [6.07, 6.45) is 3.04. The minimum absolute atomic E-state index is 0.239. The van der Waals surface area contributed by atoms with Crippen molar-refractivity contribution in [1.82, 2.24) is 0 Å². The van der Waals surface area contributed by atoms with E-state index < -0.39 is 0 Å². The van der Waals surface area contributed by atoms with Gasteiger partial charge < -0.3 is 15.4 Å². The van der Waals surface area contributed by atoms with Crippen LogP contribution in [0.15, 0.2) is 22.7 Å². The Morgan fingerprint density at radius 2 is 2.21 bits per heavy atom. The molecule has 1 saturated heterocycles. The van der Waals surface area contributed by atoms with Gasteiger partial charge >= 0.3 is 0 Å². The van der Waals surface area contributed by atoms with E-state index >= 15 is 0 Å². The topological polar surface area (TPSA) is 38.5 Å². The van der Waals surface area contributed by atoms with E-state index in [1.54, 1.807) is 0 Å². The van der Waals surface area contributed by atoms with E-state index in [2.05, 4.69) is 46.0 Å². The van der Waals surface area contributed by atoms with Crippen LogP contribution in [0.2, 0.25) is 0 Å². The van der Waals surface area contributed by atoms with Crippen molar-refractivity contribution < 1.29 is 4.74 Å². The van der Waals surface area contributed by atoms with Crippen LogP contribution in [0.1, 0.15) is 25.3 Å². The predicted octanol–water partition coefficient (Wildman–Crippen LogP) is 2.96. The van der Waals surface area contributed by atoms with Crippen molar-refractivity contribution >= 4 is 21.6 Å². The number of halogens is 1. The van der Waals surface area contributed by atoms with Crippen LogP contribution >= 0.6 is 15.9 Å². The molecule has 0 amide bonds. The Morgan fingerprint density at radius 3 is 3.00 bits per heavy atom. The fraction of sp³-hybridized carbons (Fsp3) is 0.600. The number of rotatable bonds is 4. The Labute approximate surface area is 124 Å². The maximum Gasteiger partial charge on any atom is 0.0641 e. The minimum atomic E-state index is 0.239. The first kappa shape index (κ1) is 14.8. The first-order chi connectivity index (χ1) is 9.20. The number of hydrogen-bond donors (Lipinski definition) is 1. The minimum Gasteiger partial charge on any atom is -0.380 e. The standard InChI is InChI=1S/C15H23BrN2O/c1-2-14(17)10-12-4-5-13(16)11-15(12)18-6-3-8-19-9-7-18/h4-5,11,14H,2-3,6-10,17H2,1H3. The van der Waals surface area contributed by atoms with Crippen LogP contribution in [0.5, 0.6) is 0 Å². The van der Waals surface area contributed by atoms with E-state index in [4.69, 9.17) is 10.5 Å². The third kappa shape index (κ3) is 4.20. The summed E-state index contributed by atoms with van der Waals surface area (Å²) in [5.74, 6) is 0. The zero-order valence-electron chi connectivity index (χ0n) is 11.6. The van der Waals surface area contributed by atoms with E-state index in [1.165, 1.54) is 11.3 Å². The molecule has 1 fully saturated rings. The number of hydrogen-bond acceptors (Lipinski definition) is 3. The monoisotopic (exact) mass is 326 g/mol. The molecule has 106 valence electrons. The molecule has 4 heteroatoms. The number of ether oxygens (including phenoxy) is 1. The van der Waals surface area contributed by atoms with Gasteiger partial charge in [-0.1, -0.05) is 28.9 Å². The Morgan fingerprint density at radius 1 is 1.37 bits per heavy atom. The second-order valence-electron chi connectivity index (χ2n) is 5.10. The molecule has 0 radical (unpaired) electrons. The van der Waals surface area contributed by atoms with Crippen LogP contribution in [-0.4, -0.2) is 32.3 Å². The number of nitrogens with zero attached hydrogens (tertiary/aromatic N) is 1. The largest absolute Gasteiger partial charge is 0.380 e. The van der Waals surface area contributed by atoms with Gasteiger partial charge in [-0.05, 0) is 37.0 Å². The maximum absolute atomic E-state index is 6.12. The molecule has 0 spiro atoms. The molecular formula is C15H23BrN2O. The van der Waals surface area contributed by atoms with Crippen LogP contribution in [0.25, 0.3) is 0 Å². The van der Waals surface area contributed by atoms with Crippen molar-refractivity contribution in [1.29, 1.82) is 0 Å². The quantitative estimate of drug-likeness (QED) is 0.924. The molecule has 0 aliphatic carbocycles. The summed E-state index contributed by atoms with van der Waals surface area (Å²) >= 11 is 3.58. The molecule has 0 bridgehead atoms. The summed E-state index contributed by atoms with van der Waals surface area (Å²) < 4.78 is 6.67. The molecule has 1 aliphatic heterocycles. The third-order valence-electron chi connectivity index (χ3n) is 3.62. The molecule has 2 N–H and O–H groups in total. The Bertz CT molecular complexity index is 403. The summed E-state index contributed by atoms with van der Waals surface area (Å²) in [6, 6.07) is 6.75. The Kier molecular flexibility index (Phi) is 5.67. The van der Waals surface area contributed by atoms with E-state index in [0.717, 1.165) is 50.0 Å². The molecule has 1 heterocycles. The molecule has 19 heavy (non-hydrogen) atoms. The molecule has 1 aliphatic rings. The predicted molar refractivity (Wildman–Crippen MR) is 83.8 cm³/mol. The smallest absolute Gasteiger partial charge is 0.0641 e. The molecule has 1 aromatic carbocycles. The van der Waals surface area contributed by atoms with Crippen molar-refractivity contribution in [2.45, 2.75) is 32.2 Å². The van der Waals surface area contributed by atoms with Gasteiger partial charge in [0.25, 0.3) is 0 Å². The normalized spacial score (nSPS) is 18.2. The zero-order valence-corrected chi connectivity index (χ0v) is 13.2. The average Bonchev–Trinajstić information content (AvgIpc) is 2.69. The lowest BCUT2D eigenvalue weighted by Crippen LogP contribution is -2.29. The van der Waals surface area contributed by atoms with Crippen LogP contribution in [-0.2, 0) is 11.2 Å². The van der Waals surface area contributed by atoms with E-state index in [0.29, 0.717) is 0 Å². The van der Waals surface area contributed by atoms with Gasteiger partial charge in [-0.15, -0.1) is 0 Å². The lowest BCUT2D eigenvalue weighted by Gasteiger charge is -2.26. The van der Waals surface area contributed by atoms with Gasteiger partial charge in [0.05, 0.1) is 6.61 Å². The molecule has 1 unspecified atom stereocenters. The summed E-state index contributed by atoms with van der Waals surface area (Å²) in [7, 11) is 0. The van der Waals surface area contributed by atoms with Gasteiger partial charge in [-0.3, -0.25) is 0 Å². The first-order valence-electron chi connectivity index (χ1n) is 7.07. The van der Waals surface area contributed by atoms with E-state index in [1.807, 2.05) is 0 Å². The molecular weight excluding hydrogens is 304 g/mol. The second kappa shape index (κ2) is 7.27. The number of benzene rings is 1. The van der Waals surface area contributed by atoms with Gasteiger partial charge in [0, 0.05) is 35.9 Å². The Hall–Kier alpha value is -0.580. The summed E-state index contributed by atoms with van der Waals surface area (Å²) in [5.41, 5.74) is 8.77. The SMILES string of the molecule is CCC(N)Cc1ccc(Br)cc1N1CCCOCC1. The van der Waals surface area contributed by atoms with Gasteiger partial charge in [0.1, 0.15) is 0 Å². The van der Waals surface area contributed by atoms with Gasteiger partial charge in [0.15, 0.2) is 0 Å². The van der Waals surface area contributed by atoms with Gasteiger partial charge in [-0.2, -0.15) is 0 Å². The maximum atomic E-state index is 6.12. The molecule has 0 aromatic heterocycles. The summed E-state index contributed by atoms with van der Waals surface area (Å²) in [5, 5.41) is 0. The van der Waals surface area contributed by atoms with Gasteiger partial charge in [-0.25, -0.2) is 0 Å². The fourth-order valence-electron chi connectivity index (χ4n) is 2.42. The third-order valence-corrected chi connectivity index (χ3v) is 4.11. The van der Waals surface area contributed by atoms with Crippen LogP contribution in [0.4, 0.5) is 5.69 Å². The van der Waals surface area contributed by atoms with E-state index in [9.17, 15) is 0 Å². The average molecular weight is 327 g/mol. The van der Waals surface area contributed by atoms with Crippen molar-refractivity contribution in [3.8, 4) is 0 Å². The highest BCUT2D eigenvalue weighted by Crippen LogP contribution is 2.27. The molecule has 3 nitrogen and oxygen atoms in total. The van der Waals surface area contributed by atoms with Gasteiger partial charge in [0.2, 0.25) is 0 Å². The zero-order chi connectivity index (χ0) is 13.7. The highest BCUT2D eigenvalue weighted by Gasteiger charge is 2.15. The lowest BCUT2D eigenvalue weighted by molar-refractivity contribution is 0.152. The van der Waals surface area contributed by atoms with Crippen molar-refractivity contribution in [2.75, 3.05) is 31.2 Å². The number of nitrogens with two attached hydrogens (primary N) is 1. The van der Waals surface area contributed by atoms with E-state index in [-0.39, 0.29) is 6.04 Å².